The third-order valence-corrected chi connectivity index (χ3v) is 13.0. The van der Waals surface area contributed by atoms with E-state index < -0.39 is 0 Å². The Kier molecular flexibility index (Phi) is 8.81. The van der Waals surface area contributed by atoms with E-state index in [1.54, 1.807) is 0 Å². The van der Waals surface area contributed by atoms with Gasteiger partial charge in [0.25, 0.3) is 0 Å². The molecule has 0 atom stereocenters. The van der Waals surface area contributed by atoms with Crippen LogP contribution in [0.25, 0.3) is 127 Å². The molecule has 3 aromatic heterocycles. The number of hydrogen-bond acceptors (Lipinski definition) is 3. The van der Waals surface area contributed by atoms with Gasteiger partial charge in [-0.15, -0.1) is 0 Å². The van der Waals surface area contributed by atoms with Gasteiger partial charge in [-0.3, -0.25) is 0 Å². The van der Waals surface area contributed by atoms with E-state index in [1.807, 2.05) is 24.3 Å². The first-order chi connectivity index (χ1) is 32.7. The summed E-state index contributed by atoms with van der Waals surface area (Å²) in [6, 6.07) is 83.9. The average molecular weight is 842 g/mol. The first-order valence-corrected chi connectivity index (χ1v) is 22.4. The Balaban J connectivity index is 0.973. The fraction of sp³-hybridized carbons (Fsp3) is 0. The van der Waals surface area contributed by atoms with E-state index in [-0.39, 0.29) is 0 Å². The van der Waals surface area contributed by atoms with Gasteiger partial charge in [-0.1, -0.05) is 182 Å². The summed E-state index contributed by atoms with van der Waals surface area (Å²) in [4.78, 5) is 10.7. The number of para-hydroxylation sites is 2. The topological polar surface area (TPSA) is 43.9 Å². The van der Waals surface area contributed by atoms with Crippen LogP contribution >= 0.6 is 0 Å². The van der Waals surface area contributed by atoms with Gasteiger partial charge in [0.2, 0.25) is 0 Å². The van der Waals surface area contributed by atoms with Gasteiger partial charge in [0.15, 0.2) is 5.82 Å². The van der Waals surface area contributed by atoms with Crippen LogP contribution in [0.3, 0.4) is 0 Å². The minimum Gasteiger partial charge on any atom is -0.456 e. The zero-order valence-electron chi connectivity index (χ0n) is 35.8. The van der Waals surface area contributed by atoms with Crippen molar-refractivity contribution in [1.29, 1.82) is 0 Å². The molecule has 0 spiro atoms. The molecule has 0 radical (unpaired) electrons. The molecule has 0 N–H and O–H groups in total. The van der Waals surface area contributed by atoms with Gasteiger partial charge < -0.3 is 8.98 Å². The molecule has 0 fully saturated rings. The fourth-order valence-corrected chi connectivity index (χ4v) is 9.73. The zero-order chi connectivity index (χ0) is 43.6. The molecule has 13 aromatic rings. The van der Waals surface area contributed by atoms with Gasteiger partial charge in [0.1, 0.15) is 11.2 Å². The van der Waals surface area contributed by atoms with E-state index in [1.165, 1.54) is 43.7 Å². The molecule has 3 heterocycles. The van der Waals surface area contributed by atoms with Gasteiger partial charge in [0.05, 0.1) is 22.4 Å². The molecule has 0 aliphatic heterocycles. The molecule has 308 valence electrons. The van der Waals surface area contributed by atoms with Crippen LogP contribution in [0.1, 0.15) is 0 Å². The molecular formula is C62H39N3O. The summed E-state index contributed by atoms with van der Waals surface area (Å²) in [5, 5.41) is 7.02. The predicted molar refractivity (Wildman–Crippen MR) is 274 cm³/mol. The lowest BCUT2D eigenvalue weighted by Crippen LogP contribution is -1.97. The molecule has 13 rings (SSSR count). The molecule has 4 heteroatoms. The largest absolute Gasteiger partial charge is 0.456 e. The highest BCUT2D eigenvalue weighted by Gasteiger charge is 2.20. The number of furan rings is 1. The summed E-state index contributed by atoms with van der Waals surface area (Å²) in [5.74, 6) is 0.656. The van der Waals surface area contributed by atoms with Crippen molar-refractivity contribution in [3.8, 4) is 73.0 Å². The summed E-state index contributed by atoms with van der Waals surface area (Å²) in [5.41, 5.74) is 16.5. The lowest BCUT2D eigenvalue weighted by Gasteiger charge is -2.13. The molecule has 0 saturated heterocycles. The van der Waals surface area contributed by atoms with Crippen molar-refractivity contribution in [3.63, 3.8) is 0 Å². The first kappa shape index (κ1) is 37.7. The molecule has 10 aromatic carbocycles. The Morgan fingerprint density at radius 3 is 1.56 bits per heavy atom. The van der Waals surface area contributed by atoms with Gasteiger partial charge >= 0.3 is 0 Å². The Labute approximate surface area is 381 Å². The minimum atomic E-state index is 0.656. The van der Waals surface area contributed by atoms with E-state index in [2.05, 4.69) is 217 Å². The SMILES string of the molecule is c1ccc(-c2ccc(-c3cc(-c4cc(-c5ccc(-n6c7ccccc7c7cc8ccccc8cc76)cc5)cc5oc6ccccc6c45)nc(-c4ccc(-c5ccccc5)cc4)n3)cc2)cc1. The average Bonchev–Trinajstić information content (AvgIpc) is 3.93. The predicted octanol–water partition coefficient (Wildman–Crippen LogP) is 16.6. The lowest BCUT2D eigenvalue weighted by molar-refractivity contribution is 0.669. The van der Waals surface area contributed by atoms with E-state index in [0.29, 0.717) is 5.82 Å². The van der Waals surface area contributed by atoms with Crippen LogP contribution in [0.15, 0.2) is 241 Å². The summed E-state index contributed by atoms with van der Waals surface area (Å²) in [6.45, 7) is 0. The molecular weight excluding hydrogens is 803 g/mol. The van der Waals surface area contributed by atoms with Crippen LogP contribution in [0.5, 0.6) is 0 Å². The fourth-order valence-electron chi connectivity index (χ4n) is 9.73. The standard InChI is InChI=1S/C62H39N3O/c1-3-13-40(14-4-1)42-23-27-45(28-24-42)55-39-56(64-62(63-55)46-29-25-43(26-30-46)41-15-5-2-6-16-41)54-36-49(38-60-61(54)52-20-10-12-22-59(52)66-60)44-31-33-50(34-32-44)65-57-21-11-9-19-51(57)53-35-47-17-7-8-18-48(47)37-58(53)65/h1-39H. The summed E-state index contributed by atoms with van der Waals surface area (Å²) < 4.78 is 9.07. The second-order valence-electron chi connectivity index (χ2n) is 17.0. The molecule has 0 aliphatic carbocycles. The summed E-state index contributed by atoms with van der Waals surface area (Å²) >= 11 is 0. The number of rotatable bonds is 7. The zero-order valence-corrected chi connectivity index (χ0v) is 35.8. The van der Waals surface area contributed by atoms with E-state index in [4.69, 9.17) is 14.4 Å². The molecule has 66 heavy (non-hydrogen) atoms. The van der Waals surface area contributed by atoms with Crippen LogP contribution in [0.4, 0.5) is 0 Å². The third-order valence-electron chi connectivity index (χ3n) is 13.0. The second kappa shape index (κ2) is 15.4. The molecule has 4 nitrogen and oxygen atoms in total. The van der Waals surface area contributed by atoms with Crippen molar-refractivity contribution in [3.05, 3.63) is 237 Å². The van der Waals surface area contributed by atoms with Crippen molar-refractivity contribution in [2.75, 3.05) is 0 Å². The number of nitrogens with zero attached hydrogens (tertiary/aromatic N) is 3. The monoisotopic (exact) mass is 841 g/mol. The highest BCUT2D eigenvalue weighted by Crippen LogP contribution is 2.42. The second-order valence-corrected chi connectivity index (χ2v) is 17.0. The third kappa shape index (κ3) is 6.46. The van der Waals surface area contributed by atoms with Crippen molar-refractivity contribution in [1.82, 2.24) is 14.5 Å². The maximum Gasteiger partial charge on any atom is 0.160 e. The van der Waals surface area contributed by atoms with Gasteiger partial charge in [0, 0.05) is 43.9 Å². The van der Waals surface area contributed by atoms with Gasteiger partial charge in [-0.25, -0.2) is 9.97 Å². The highest BCUT2D eigenvalue weighted by atomic mass is 16.3. The number of aromatic nitrogens is 3. The van der Waals surface area contributed by atoms with E-state index in [9.17, 15) is 0 Å². The van der Waals surface area contributed by atoms with Crippen LogP contribution in [0, 0.1) is 0 Å². The Morgan fingerprint density at radius 2 is 0.848 bits per heavy atom. The Morgan fingerprint density at radius 1 is 0.318 bits per heavy atom. The van der Waals surface area contributed by atoms with Gasteiger partial charge in [-0.05, 0) is 98.8 Å². The van der Waals surface area contributed by atoms with Crippen molar-refractivity contribution >= 4 is 54.5 Å². The number of fused-ring (bicyclic) bond motifs is 7. The summed E-state index contributed by atoms with van der Waals surface area (Å²) in [6.07, 6.45) is 0. The summed E-state index contributed by atoms with van der Waals surface area (Å²) in [7, 11) is 0. The molecule has 0 saturated carbocycles. The highest BCUT2D eigenvalue weighted by molar-refractivity contribution is 6.15. The quantitative estimate of drug-likeness (QED) is 0.161. The maximum absolute atomic E-state index is 6.68. The van der Waals surface area contributed by atoms with E-state index in [0.717, 1.165) is 78.0 Å². The van der Waals surface area contributed by atoms with Crippen LogP contribution < -0.4 is 0 Å². The van der Waals surface area contributed by atoms with Crippen LogP contribution in [0.2, 0.25) is 0 Å². The number of hydrogen-bond donors (Lipinski definition) is 0. The lowest BCUT2D eigenvalue weighted by atomic mass is 9.95. The van der Waals surface area contributed by atoms with Crippen LogP contribution in [-0.2, 0) is 0 Å². The van der Waals surface area contributed by atoms with Gasteiger partial charge in [-0.2, -0.15) is 0 Å². The van der Waals surface area contributed by atoms with E-state index >= 15 is 0 Å². The van der Waals surface area contributed by atoms with Crippen LogP contribution in [-0.4, -0.2) is 14.5 Å². The first-order valence-electron chi connectivity index (χ1n) is 22.4. The molecule has 0 bridgehead atoms. The Hall–Kier alpha value is -8.86. The number of benzene rings is 10. The normalized spacial score (nSPS) is 11.6. The molecule has 0 aliphatic rings. The minimum absolute atomic E-state index is 0.656. The molecule has 0 amide bonds. The molecule has 0 unspecified atom stereocenters. The van der Waals surface area contributed by atoms with Crippen molar-refractivity contribution in [2.24, 2.45) is 0 Å². The maximum atomic E-state index is 6.68. The van der Waals surface area contributed by atoms with Crippen molar-refractivity contribution in [2.45, 2.75) is 0 Å². The van der Waals surface area contributed by atoms with Crippen molar-refractivity contribution < 1.29 is 4.42 Å². The Bertz CT molecular complexity index is 3840. The smallest absolute Gasteiger partial charge is 0.160 e.